The predicted molar refractivity (Wildman–Crippen MR) is 148 cm³/mol. The molecule has 3 rings (SSSR count). The van der Waals surface area contributed by atoms with Crippen molar-refractivity contribution in [1.29, 1.82) is 0 Å². The normalized spacial score (nSPS) is 12.9. The Labute approximate surface area is 230 Å². The van der Waals surface area contributed by atoms with Crippen molar-refractivity contribution in [2.24, 2.45) is 5.73 Å². The van der Waals surface area contributed by atoms with Crippen molar-refractivity contribution in [1.82, 2.24) is 0 Å². The number of hydrogen-bond donors (Lipinski definition) is 2. The van der Waals surface area contributed by atoms with Gasteiger partial charge >= 0.3 is 6.16 Å². The number of likely N-dealkylation sites (N-methyl/N-ethyl adjacent to an activating group) is 1. The van der Waals surface area contributed by atoms with Gasteiger partial charge in [-0.25, -0.2) is 9.18 Å². The molecule has 0 saturated heterocycles. The molecule has 0 aromatic heterocycles. The number of ether oxygens (including phenoxy) is 2. The minimum atomic E-state index is -1.20. The number of aryl methyl sites for hydroxylation is 1. The number of quaternary nitrogens is 1. The average molecular weight is 556 g/mol. The predicted octanol–water partition coefficient (Wildman–Crippen LogP) is 5.98. The number of ketones is 1. The molecule has 1 amide bonds. The lowest BCUT2D eigenvalue weighted by Gasteiger charge is -2.32. The molecule has 0 saturated carbocycles. The molecule has 1 heterocycles. The molecular formula is C28H41ClFN2O6+. The highest BCUT2D eigenvalue weighted by Crippen LogP contribution is 2.33. The monoisotopic (exact) mass is 555 g/mol. The van der Waals surface area contributed by atoms with Crippen LogP contribution in [0.25, 0.3) is 0 Å². The van der Waals surface area contributed by atoms with Crippen molar-refractivity contribution >= 4 is 29.4 Å². The fourth-order valence-corrected chi connectivity index (χ4v) is 3.11. The van der Waals surface area contributed by atoms with Crippen molar-refractivity contribution in [3.05, 3.63) is 63.9 Å². The number of hydrogen-bond acceptors (Lipinski definition) is 5. The first kappa shape index (κ1) is 34.8. The van der Waals surface area contributed by atoms with Crippen LogP contribution in [0.15, 0.2) is 36.4 Å². The molecule has 0 bridgehead atoms. The Balaban J connectivity index is 0.000000537. The van der Waals surface area contributed by atoms with Gasteiger partial charge in [0.1, 0.15) is 30.3 Å². The zero-order valence-electron chi connectivity index (χ0n) is 23.6. The number of nitrogens with zero attached hydrogens (tertiary/aromatic N) is 1. The summed E-state index contributed by atoms with van der Waals surface area (Å²) in [6.45, 7) is 10.7. The summed E-state index contributed by atoms with van der Waals surface area (Å²) in [5.41, 5.74) is 6.97. The summed E-state index contributed by atoms with van der Waals surface area (Å²) in [6.07, 6.45) is 0.790. The second-order valence-electron chi connectivity index (χ2n) is 9.86. The number of fused-ring (bicyclic) bond motifs is 1. The largest absolute Gasteiger partial charge is 0.505 e. The number of benzene rings is 2. The minimum absolute atomic E-state index is 0.0786. The average Bonchev–Trinajstić information content (AvgIpc) is 2.81. The zero-order valence-corrected chi connectivity index (χ0v) is 24.3. The van der Waals surface area contributed by atoms with Crippen molar-refractivity contribution in [3.63, 3.8) is 0 Å². The molecule has 10 heteroatoms. The maximum absolute atomic E-state index is 12.5. The summed E-state index contributed by atoms with van der Waals surface area (Å²) in [4.78, 5) is 31.6. The Kier molecular flexibility index (Phi) is 14.6. The molecule has 0 unspecified atom stereocenters. The fraction of sp³-hybridized carbons (Fsp3) is 0.464. The van der Waals surface area contributed by atoms with Crippen LogP contribution < -0.4 is 10.5 Å². The molecule has 3 N–H and O–H groups in total. The molecule has 1 aliphatic rings. The van der Waals surface area contributed by atoms with Gasteiger partial charge in [0.2, 0.25) is 5.91 Å². The summed E-state index contributed by atoms with van der Waals surface area (Å²) in [7, 11) is 5.93. The third-order valence-electron chi connectivity index (χ3n) is 5.04. The molecule has 0 radical (unpaired) electrons. The fourth-order valence-electron chi connectivity index (χ4n) is 2.93. The van der Waals surface area contributed by atoms with Gasteiger partial charge in [-0.15, -0.1) is 0 Å². The third kappa shape index (κ3) is 13.9. The Hall–Kier alpha value is -3.17. The van der Waals surface area contributed by atoms with Gasteiger partial charge < -0.3 is 24.8 Å². The smallest absolute Gasteiger partial charge is 0.488 e. The molecule has 2 aromatic carbocycles. The van der Waals surface area contributed by atoms with Gasteiger partial charge in [-0.3, -0.25) is 9.59 Å². The van der Waals surface area contributed by atoms with Gasteiger partial charge in [-0.1, -0.05) is 25.4 Å². The van der Waals surface area contributed by atoms with Crippen LogP contribution in [0, 0.1) is 5.82 Å². The van der Waals surface area contributed by atoms with E-state index < -0.39 is 17.9 Å². The van der Waals surface area contributed by atoms with E-state index in [0.29, 0.717) is 11.0 Å². The van der Waals surface area contributed by atoms with Gasteiger partial charge in [0, 0.05) is 11.1 Å². The summed E-state index contributed by atoms with van der Waals surface area (Å²) in [5.74, 6) is -0.137. The van der Waals surface area contributed by atoms with E-state index in [1.165, 1.54) is 12.1 Å². The van der Waals surface area contributed by atoms with Crippen molar-refractivity contribution < 1.29 is 37.8 Å². The number of Topliss-reactive ketones (excluding diaryl/α,β-unsaturated/α-hetero) is 1. The SMILES string of the molecule is CC.CC(=O)c1ccc2c(c1)CCC(C)(C)O2.C[N+](C)(C)CCOC(=O)O.NC(=O)c1ccc(F)c(Cl)c1. The highest BCUT2D eigenvalue weighted by molar-refractivity contribution is 6.31. The van der Waals surface area contributed by atoms with Crippen LogP contribution in [-0.4, -0.2) is 67.3 Å². The molecule has 0 fully saturated rings. The summed E-state index contributed by atoms with van der Waals surface area (Å²) in [5, 5.41) is 7.99. The Bertz CT molecular complexity index is 1080. The number of rotatable bonds is 5. The highest BCUT2D eigenvalue weighted by atomic mass is 35.5. The van der Waals surface area contributed by atoms with E-state index >= 15 is 0 Å². The van der Waals surface area contributed by atoms with Crippen molar-refractivity contribution in [3.8, 4) is 5.75 Å². The number of primary amides is 1. The standard InChI is InChI=1S/C13H16O2.C7H5ClFNO.C6H13NO3.C2H6/c1-9(14)10-4-5-12-11(8-10)6-7-13(2,3)15-12;8-5-3-4(7(10)11)1-2-6(5)9;1-7(2,3)4-5-10-6(8)9;1-2/h4-5,8H,6-7H2,1-3H3;1-3H,(H2,10,11);4-5H2,1-3H3;1-2H3/p+1. The maximum Gasteiger partial charge on any atom is 0.505 e. The number of amides is 1. The number of carbonyl (C=O) groups is 3. The maximum atomic E-state index is 12.5. The van der Waals surface area contributed by atoms with Gasteiger partial charge in [0.05, 0.1) is 26.2 Å². The van der Waals surface area contributed by atoms with Crippen LogP contribution in [0.5, 0.6) is 5.75 Å². The van der Waals surface area contributed by atoms with Gasteiger partial charge in [-0.05, 0) is 75.6 Å². The first-order chi connectivity index (χ1) is 17.5. The Morgan fingerprint density at radius 2 is 1.68 bits per heavy atom. The van der Waals surface area contributed by atoms with E-state index in [2.05, 4.69) is 18.6 Å². The van der Waals surface area contributed by atoms with E-state index in [1.54, 1.807) is 6.92 Å². The van der Waals surface area contributed by atoms with Crippen LogP contribution in [0.4, 0.5) is 9.18 Å². The van der Waals surface area contributed by atoms with Gasteiger partial charge in [0.15, 0.2) is 5.78 Å². The van der Waals surface area contributed by atoms with Gasteiger partial charge in [0.25, 0.3) is 0 Å². The third-order valence-corrected chi connectivity index (χ3v) is 5.33. The van der Waals surface area contributed by atoms with Crippen LogP contribution in [0.1, 0.15) is 67.3 Å². The van der Waals surface area contributed by atoms with Crippen molar-refractivity contribution in [2.45, 2.75) is 53.1 Å². The molecule has 2 aromatic rings. The quantitative estimate of drug-likeness (QED) is 0.266. The summed E-state index contributed by atoms with van der Waals surface area (Å²) < 4.78 is 23.4. The van der Waals surface area contributed by atoms with E-state index in [0.717, 1.165) is 35.8 Å². The Morgan fingerprint density at radius 1 is 1.11 bits per heavy atom. The number of carbonyl (C=O) groups excluding carboxylic acids is 2. The lowest BCUT2D eigenvalue weighted by atomic mass is 9.93. The number of halogens is 2. The molecule has 1 aliphatic heterocycles. The van der Waals surface area contributed by atoms with Crippen LogP contribution in [-0.2, 0) is 11.2 Å². The molecule has 0 spiro atoms. The van der Waals surface area contributed by atoms with E-state index in [9.17, 15) is 18.8 Å². The van der Waals surface area contributed by atoms with E-state index in [4.69, 9.17) is 27.2 Å². The molecular weight excluding hydrogens is 515 g/mol. The zero-order chi connectivity index (χ0) is 29.7. The Morgan fingerprint density at radius 3 is 2.16 bits per heavy atom. The summed E-state index contributed by atoms with van der Waals surface area (Å²) >= 11 is 5.38. The second-order valence-corrected chi connectivity index (χ2v) is 10.3. The molecule has 38 heavy (non-hydrogen) atoms. The minimum Gasteiger partial charge on any atom is -0.488 e. The number of nitrogens with two attached hydrogens (primary N) is 1. The topological polar surface area (TPSA) is 116 Å². The van der Waals surface area contributed by atoms with Crippen LogP contribution in [0.3, 0.4) is 0 Å². The molecule has 0 atom stereocenters. The number of carboxylic acid groups (broad SMARTS) is 1. The first-order valence-electron chi connectivity index (χ1n) is 12.2. The second kappa shape index (κ2) is 15.9. The molecule has 8 nitrogen and oxygen atoms in total. The van der Waals surface area contributed by atoms with Crippen LogP contribution >= 0.6 is 11.6 Å². The van der Waals surface area contributed by atoms with Crippen LogP contribution in [0.2, 0.25) is 5.02 Å². The lowest BCUT2D eigenvalue weighted by molar-refractivity contribution is -0.870. The van der Waals surface area contributed by atoms with Crippen molar-refractivity contribution in [2.75, 3.05) is 34.3 Å². The first-order valence-corrected chi connectivity index (χ1v) is 12.6. The lowest BCUT2D eigenvalue weighted by Crippen LogP contribution is -2.37. The van der Waals surface area contributed by atoms with Gasteiger partial charge in [-0.2, -0.15) is 0 Å². The van der Waals surface area contributed by atoms with E-state index in [-0.39, 0.29) is 28.6 Å². The van der Waals surface area contributed by atoms with E-state index in [1.807, 2.05) is 53.2 Å². The summed E-state index contributed by atoms with van der Waals surface area (Å²) in [6, 6.07) is 9.27. The molecule has 212 valence electrons. The highest BCUT2D eigenvalue weighted by Gasteiger charge is 2.26. The molecule has 0 aliphatic carbocycles.